The number of sulfonamides is 1. The van der Waals surface area contributed by atoms with E-state index < -0.39 is 37.5 Å². The molecule has 2 aromatic rings. The number of nitro groups is 1. The molecule has 0 aliphatic rings. The monoisotopic (exact) mass is 455 g/mol. The molecule has 0 unspecified atom stereocenters. The van der Waals surface area contributed by atoms with Crippen LogP contribution in [0.2, 0.25) is 5.02 Å². The van der Waals surface area contributed by atoms with Crippen molar-refractivity contribution in [2.45, 2.75) is 36.7 Å². The molecule has 0 aliphatic carbocycles. The van der Waals surface area contributed by atoms with Crippen molar-refractivity contribution in [3.63, 3.8) is 0 Å². The zero-order chi connectivity index (χ0) is 22.3. The summed E-state index contributed by atoms with van der Waals surface area (Å²) >= 11 is 5.87. The quantitative estimate of drug-likeness (QED) is 0.301. The fourth-order valence-electron chi connectivity index (χ4n) is 2.96. The van der Waals surface area contributed by atoms with Crippen molar-refractivity contribution in [3.8, 4) is 0 Å². The van der Waals surface area contributed by atoms with E-state index in [1.54, 1.807) is 24.3 Å². The molecular formula is C19H22ClN3O6S. The molecule has 0 heterocycles. The third kappa shape index (κ3) is 5.76. The molecular weight excluding hydrogens is 434 g/mol. The Labute approximate surface area is 179 Å². The number of hydrogen-bond donors (Lipinski definition) is 2. The number of carboxylic acids is 1. The van der Waals surface area contributed by atoms with E-state index in [0.29, 0.717) is 30.0 Å². The Morgan fingerprint density at radius 1 is 1.17 bits per heavy atom. The van der Waals surface area contributed by atoms with Crippen molar-refractivity contribution in [2.75, 3.05) is 6.54 Å². The standard InChI is InChI=1S/C19H22ClN3O6S/c20-15-10-8-14(9-11-15)13-22(17(19(24)25)6-3-4-12-21)30(28,29)18-7-2-1-5-16(18)23(26)27/h1-2,5,7-11,17H,3-4,6,12-13,21H2,(H,24,25)/t17-/m0/s1. The molecule has 162 valence electrons. The van der Waals surface area contributed by atoms with Crippen LogP contribution >= 0.6 is 11.6 Å². The number of para-hydroxylation sites is 1. The summed E-state index contributed by atoms with van der Waals surface area (Å²) in [5.74, 6) is -1.34. The Bertz CT molecular complexity index is 998. The Balaban J connectivity index is 2.56. The summed E-state index contributed by atoms with van der Waals surface area (Å²) in [7, 11) is -4.52. The third-order valence-corrected chi connectivity index (χ3v) is 6.62. The van der Waals surface area contributed by atoms with E-state index >= 15 is 0 Å². The fourth-order valence-corrected chi connectivity index (χ4v) is 4.84. The highest BCUT2D eigenvalue weighted by molar-refractivity contribution is 7.89. The lowest BCUT2D eigenvalue weighted by molar-refractivity contribution is -0.387. The largest absolute Gasteiger partial charge is 0.480 e. The van der Waals surface area contributed by atoms with Crippen LogP contribution in [-0.4, -0.2) is 41.3 Å². The number of nitro benzene ring substituents is 1. The summed E-state index contributed by atoms with van der Waals surface area (Å²) in [6, 6.07) is 9.69. The Morgan fingerprint density at radius 3 is 2.37 bits per heavy atom. The smallest absolute Gasteiger partial charge is 0.322 e. The molecule has 3 N–H and O–H groups in total. The molecule has 9 nitrogen and oxygen atoms in total. The molecule has 30 heavy (non-hydrogen) atoms. The summed E-state index contributed by atoms with van der Waals surface area (Å²) in [4.78, 5) is 22.0. The van der Waals surface area contributed by atoms with Crippen LogP contribution < -0.4 is 5.73 Å². The van der Waals surface area contributed by atoms with E-state index in [4.69, 9.17) is 17.3 Å². The van der Waals surface area contributed by atoms with Gasteiger partial charge in [0, 0.05) is 17.6 Å². The normalized spacial score (nSPS) is 12.6. The Morgan fingerprint density at radius 2 is 1.80 bits per heavy atom. The summed E-state index contributed by atoms with van der Waals surface area (Å²) in [6.07, 6.45) is 0.918. The molecule has 0 bridgehead atoms. The zero-order valence-electron chi connectivity index (χ0n) is 16.0. The lowest BCUT2D eigenvalue weighted by Gasteiger charge is -2.28. The van der Waals surface area contributed by atoms with Gasteiger partial charge in [0.2, 0.25) is 0 Å². The number of carboxylic acid groups (broad SMARTS) is 1. The van der Waals surface area contributed by atoms with Gasteiger partial charge in [-0.15, -0.1) is 0 Å². The van der Waals surface area contributed by atoms with Gasteiger partial charge in [-0.25, -0.2) is 8.42 Å². The van der Waals surface area contributed by atoms with Crippen molar-refractivity contribution in [3.05, 3.63) is 69.2 Å². The number of nitrogens with two attached hydrogens (primary N) is 1. The summed E-state index contributed by atoms with van der Waals surface area (Å²) in [6.45, 7) is 0.0472. The van der Waals surface area contributed by atoms with E-state index in [-0.39, 0.29) is 13.0 Å². The number of carbonyl (C=O) groups is 1. The van der Waals surface area contributed by atoms with Gasteiger partial charge in [-0.05, 0) is 49.6 Å². The summed E-state index contributed by atoms with van der Waals surface area (Å²) in [5.41, 5.74) is 5.34. The maximum atomic E-state index is 13.4. The molecule has 0 saturated carbocycles. The SMILES string of the molecule is NCCCC[C@@H](C(=O)O)N(Cc1ccc(Cl)cc1)S(=O)(=O)c1ccccc1[N+](=O)[O-]. The number of rotatable bonds is 11. The second-order valence-corrected chi connectivity index (χ2v) is 8.84. The van der Waals surface area contributed by atoms with Crippen LogP contribution in [0, 0.1) is 10.1 Å². The fraction of sp³-hybridized carbons (Fsp3) is 0.316. The highest BCUT2D eigenvalue weighted by Gasteiger charge is 2.39. The van der Waals surface area contributed by atoms with E-state index in [1.807, 2.05) is 0 Å². The number of halogens is 1. The minimum atomic E-state index is -4.52. The summed E-state index contributed by atoms with van der Waals surface area (Å²) in [5, 5.41) is 21.6. The van der Waals surface area contributed by atoms with Crippen molar-refractivity contribution in [1.82, 2.24) is 4.31 Å². The van der Waals surface area contributed by atoms with Crippen LogP contribution in [0.3, 0.4) is 0 Å². The van der Waals surface area contributed by atoms with Gasteiger partial charge in [0.1, 0.15) is 6.04 Å². The van der Waals surface area contributed by atoms with Crippen molar-refractivity contribution in [2.24, 2.45) is 5.73 Å². The average Bonchev–Trinajstić information content (AvgIpc) is 2.71. The van der Waals surface area contributed by atoms with Gasteiger partial charge in [-0.1, -0.05) is 35.9 Å². The molecule has 0 aromatic heterocycles. The molecule has 0 spiro atoms. The minimum Gasteiger partial charge on any atom is -0.480 e. The molecule has 2 aromatic carbocycles. The maximum Gasteiger partial charge on any atom is 0.322 e. The second kappa shape index (κ2) is 10.5. The van der Waals surface area contributed by atoms with Crippen LogP contribution in [0.25, 0.3) is 0 Å². The van der Waals surface area contributed by atoms with Gasteiger partial charge in [0.05, 0.1) is 4.92 Å². The maximum absolute atomic E-state index is 13.4. The van der Waals surface area contributed by atoms with Gasteiger partial charge in [0.25, 0.3) is 15.7 Å². The number of unbranched alkanes of at least 4 members (excludes halogenated alkanes) is 1. The van der Waals surface area contributed by atoms with Crippen LogP contribution in [0.15, 0.2) is 53.4 Å². The summed E-state index contributed by atoms with van der Waals surface area (Å²) < 4.78 is 27.6. The van der Waals surface area contributed by atoms with Gasteiger partial charge in [-0.2, -0.15) is 4.31 Å². The molecule has 0 radical (unpaired) electrons. The first-order valence-electron chi connectivity index (χ1n) is 9.11. The average molecular weight is 456 g/mol. The lowest BCUT2D eigenvalue weighted by atomic mass is 10.1. The predicted molar refractivity (Wildman–Crippen MR) is 112 cm³/mol. The van der Waals surface area contributed by atoms with Crippen LogP contribution in [0.1, 0.15) is 24.8 Å². The van der Waals surface area contributed by atoms with E-state index in [0.717, 1.165) is 16.4 Å². The second-order valence-electron chi connectivity index (χ2n) is 6.54. The van der Waals surface area contributed by atoms with Crippen molar-refractivity contribution < 1.29 is 23.2 Å². The minimum absolute atomic E-state index is 0.0139. The first-order valence-corrected chi connectivity index (χ1v) is 10.9. The number of hydrogen-bond acceptors (Lipinski definition) is 6. The first-order chi connectivity index (χ1) is 14.2. The Hall–Kier alpha value is -2.53. The molecule has 0 saturated heterocycles. The van der Waals surface area contributed by atoms with Crippen LogP contribution in [0.5, 0.6) is 0 Å². The highest BCUT2D eigenvalue weighted by atomic mass is 35.5. The first kappa shape index (κ1) is 23.7. The van der Waals surface area contributed by atoms with E-state index in [9.17, 15) is 28.4 Å². The Kier molecular flexibility index (Phi) is 8.30. The van der Waals surface area contributed by atoms with Gasteiger partial charge in [0.15, 0.2) is 4.90 Å². The van der Waals surface area contributed by atoms with Gasteiger partial charge < -0.3 is 10.8 Å². The van der Waals surface area contributed by atoms with Gasteiger partial charge in [-0.3, -0.25) is 14.9 Å². The van der Waals surface area contributed by atoms with Gasteiger partial charge >= 0.3 is 5.97 Å². The number of nitrogens with zero attached hydrogens (tertiary/aromatic N) is 2. The van der Waals surface area contributed by atoms with Crippen LogP contribution in [-0.2, 0) is 21.4 Å². The molecule has 1 atom stereocenters. The van der Waals surface area contributed by atoms with Crippen molar-refractivity contribution in [1.29, 1.82) is 0 Å². The predicted octanol–water partition coefficient (Wildman–Crippen LogP) is 3.02. The van der Waals surface area contributed by atoms with E-state index in [2.05, 4.69) is 0 Å². The van der Waals surface area contributed by atoms with E-state index in [1.165, 1.54) is 12.1 Å². The highest BCUT2D eigenvalue weighted by Crippen LogP contribution is 2.30. The molecule has 11 heteroatoms. The molecule has 0 amide bonds. The van der Waals surface area contributed by atoms with Crippen molar-refractivity contribution >= 4 is 33.3 Å². The molecule has 0 aliphatic heterocycles. The third-order valence-electron chi connectivity index (χ3n) is 4.46. The molecule has 2 rings (SSSR count). The molecule has 0 fully saturated rings. The topological polar surface area (TPSA) is 144 Å². The number of benzene rings is 2. The van der Waals surface area contributed by atoms with Crippen LogP contribution in [0.4, 0.5) is 5.69 Å². The zero-order valence-corrected chi connectivity index (χ0v) is 17.6. The lowest BCUT2D eigenvalue weighted by Crippen LogP contribution is -2.44. The number of aliphatic carboxylic acids is 1.